The van der Waals surface area contributed by atoms with Crippen LogP contribution < -0.4 is 9.46 Å². The van der Waals surface area contributed by atoms with Crippen LogP contribution in [0, 0.1) is 0 Å². The monoisotopic (exact) mass is 380 g/mol. The van der Waals surface area contributed by atoms with Gasteiger partial charge in [0.1, 0.15) is 5.75 Å². The van der Waals surface area contributed by atoms with Crippen molar-refractivity contribution in [2.75, 3.05) is 11.8 Å². The van der Waals surface area contributed by atoms with Gasteiger partial charge in [0, 0.05) is 16.0 Å². The van der Waals surface area contributed by atoms with Crippen molar-refractivity contribution < 1.29 is 13.2 Å². The third kappa shape index (κ3) is 3.69. The summed E-state index contributed by atoms with van der Waals surface area (Å²) in [4.78, 5) is 4.42. The lowest BCUT2D eigenvalue weighted by Crippen LogP contribution is -2.12. The van der Waals surface area contributed by atoms with Crippen LogP contribution >= 0.6 is 22.9 Å². The molecular weight excluding hydrogens is 368 g/mol. The topological polar surface area (TPSA) is 68.3 Å². The van der Waals surface area contributed by atoms with E-state index in [2.05, 4.69) is 9.71 Å². The summed E-state index contributed by atoms with van der Waals surface area (Å²) in [5.41, 5.74) is 1.56. The molecule has 0 saturated carbocycles. The maximum atomic E-state index is 12.4. The number of aromatic nitrogens is 1. The highest BCUT2D eigenvalue weighted by Crippen LogP contribution is 2.28. The second-order valence-electron chi connectivity index (χ2n) is 4.83. The van der Waals surface area contributed by atoms with Gasteiger partial charge in [0.15, 0.2) is 5.13 Å². The predicted octanol–water partition coefficient (Wildman–Crippen LogP) is 4.27. The van der Waals surface area contributed by atoms with E-state index in [1.807, 2.05) is 24.3 Å². The Morgan fingerprint density at radius 2 is 1.92 bits per heavy atom. The van der Waals surface area contributed by atoms with Gasteiger partial charge >= 0.3 is 0 Å². The molecule has 1 aromatic heterocycles. The van der Waals surface area contributed by atoms with Crippen LogP contribution in [0.4, 0.5) is 5.13 Å². The summed E-state index contributed by atoms with van der Waals surface area (Å²) in [5.74, 6) is 0.746. The molecule has 0 spiro atoms. The lowest BCUT2D eigenvalue weighted by atomic mass is 10.2. The first-order valence-electron chi connectivity index (χ1n) is 6.86. The zero-order valence-electron chi connectivity index (χ0n) is 12.6. The van der Waals surface area contributed by atoms with Crippen molar-refractivity contribution in [3.63, 3.8) is 0 Å². The van der Waals surface area contributed by atoms with Crippen molar-refractivity contribution in [3.8, 4) is 17.0 Å². The van der Waals surface area contributed by atoms with Gasteiger partial charge in [0.05, 0.1) is 17.7 Å². The molecule has 2 aromatic carbocycles. The number of halogens is 1. The molecular formula is C16H13ClN2O3S2. The summed E-state index contributed by atoms with van der Waals surface area (Å²) in [7, 11) is -2.12. The molecule has 0 fully saturated rings. The summed E-state index contributed by atoms with van der Waals surface area (Å²) in [6.45, 7) is 0. The number of hydrogen-bond donors (Lipinski definition) is 1. The van der Waals surface area contributed by atoms with E-state index in [0.717, 1.165) is 11.3 Å². The van der Waals surface area contributed by atoms with Gasteiger partial charge in [-0.25, -0.2) is 13.4 Å². The maximum Gasteiger partial charge on any atom is 0.263 e. The number of sulfonamides is 1. The zero-order valence-corrected chi connectivity index (χ0v) is 15.0. The molecule has 5 nitrogen and oxygen atoms in total. The molecule has 24 heavy (non-hydrogen) atoms. The molecule has 0 atom stereocenters. The maximum absolute atomic E-state index is 12.4. The number of benzene rings is 2. The molecule has 0 aliphatic carbocycles. The third-order valence-corrected chi connectivity index (χ3v) is 5.68. The number of anilines is 1. The molecule has 0 unspecified atom stereocenters. The van der Waals surface area contributed by atoms with Gasteiger partial charge in [0.2, 0.25) is 0 Å². The van der Waals surface area contributed by atoms with Gasteiger partial charge in [-0.05, 0) is 42.5 Å². The Labute approximate surface area is 148 Å². The molecule has 0 amide bonds. The van der Waals surface area contributed by atoms with Crippen molar-refractivity contribution in [1.29, 1.82) is 0 Å². The Balaban J connectivity index is 1.83. The highest BCUT2D eigenvalue weighted by Gasteiger charge is 2.16. The minimum absolute atomic E-state index is 0.0937. The van der Waals surface area contributed by atoms with Crippen LogP contribution in [0.1, 0.15) is 0 Å². The molecule has 124 valence electrons. The molecule has 0 aliphatic heterocycles. The molecule has 1 N–H and O–H groups in total. The van der Waals surface area contributed by atoms with Crippen molar-refractivity contribution in [1.82, 2.24) is 4.98 Å². The number of ether oxygens (including phenoxy) is 1. The van der Waals surface area contributed by atoms with Crippen LogP contribution in [0.15, 0.2) is 58.8 Å². The van der Waals surface area contributed by atoms with Crippen molar-refractivity contribution >= 4 is 38.1 Å². The summed E-state index contributed by atoms with van der Waals surface area (Å²) in [5, 5.41) is 2.44. The normalized spacial score (nSPS) is 11.2. The Bertz CT molecular complexity index is 953. The minimum atomic E-state index is -3.72. The largest absolute Gasteiger partial charge is 0.497 e. The van der Waals surface area contributed by atoms with E-state index in [0.29, 0.717) is 15.8 Å². The first-order chi connectivity index (χ1) is 11.5. The quantitative estimate of drug-likeness (QED) is 0.717. The Morgan fingerprint density at radius 3 is 2.58 bits per heavy atom. The van der Waals surface area contributed by atoms with E-state index in [9.17, 15) is 8.42 Å². The van der Waals surface area contributed by atoms with E-state index in [1.165, 1.54) is 23.5 Å². The Hall–Kier alpha value is -2.09. The molecule has 0 aliphatic rings. The Morgan fingerprint density at radius 1 is 1.17 bits per heavy atom. The fourth-order valence-electron chi connectivity index (χ4n) is 2.02. The number of methoxy groups -OCH3 is 1. The fourth-order valence-corrected chi connectivity index (χ4v) is 4.30. The standard InChI is InChI=1S/C16H13ClN2O3S2/c1-22-13-7-5-11(6-8-13)15-10-23-16(18-15)19-24(20,21)14-4-2-3-12(17)9-14/h2-10H,1H3,(H,18,19). The predicted molar refractivity (Wildman–Crippen MR) is 96.4 cm³/mol. The van der Waals surface area contributed by atoms with E-state index >= 15 is 0 Å². The van der Waals surface area contributed by atoms with Crippen LogP contribution in [-0.2, 0) is 10.0 Å². The van der Waals surface area contributed by atoms with Crippen LogP contribution in [0.5, 0.6) is 5.75 Å². The minimum Gasteiger partial charge on any atom is -0.497 e. The van der Waals surface area contributed by atoms with E-state index in [1.54, 1.807) is 24.6 Å². The summed E-state index contributed by atoms with van der Waals surface area (Å²) < 4.78 is 32.3. The fraction of sp³-hybridized carbons (Fsp3) is 0.0625. The van der Waals surface area contributed by atoms with Gasteiger partial charge in [-0.2, -0.15) is 0 Å². The number of nitrogens with one attached hydrogen (secondary N) is 1. The molecule has 0 bridgehead atoms. The van der Waals surface area contributed by atoms with Crippen LogP contribution in [-0.4, -0.2) is 20.5 Å². The van der Waals surface area contributed by atoms with Gasteiger partial charge in [-0.15, -0.1) is 11.3 Å². The molecule has 3 aromatic rings. The molecule has 3 rings (SSSR count). The van der Waals surface area contributed by atoms with Crippen molar-refractivity contribution in [2.24, 2.45) is 0 Å². The smallest absolute Gasteiger partial charge is 0.263 e. The number of thiazole rings is 1. The van der Waals surface area contributed by atoms with Crippen LogP contribution in [0.2, 0.25) is 5.02 Å². The highest BCUT2D eigenvalue weighted by molar-refractivity contribution is 7.93. The average molecular weight is 381 g/mol. The van der Waals surface area contributed by atoms with Crippen molar-refractivity contribution in [3.05, 3.63) is 58.9 Å². The molecule has 8 heteroatoms. The van der Waals surface area contributed by atoms with E-state index < -0.39 is 10.0 Å². The van der Waals surface area contributed by atoms with Crippen LogP contribution in [0.3, 0.4) is 0 Å². The zero-order chi connectivity index (χ0) is 17.2. The second kappa shape index (κ2) is 6.80. The van der Waals surface area contributed by atoms with Gasteiger partial charge in [-0.3, -0.25) is 4.72 Å². The number of hydrogen-bond acceptors (Lipinski definition) is 5. The van der Waals surface area contributed by atoms with Crippen LogP contribution in [0.25, 0.3) is 11.3 Å². The van der Waals surface area contributed by atoms with Crippen molar-refractivity contribution in [2.45, 2.75) is 4.90 Å². The summed E-state index contributed by atoms with van der Waals surface area (Å²) in [6, 6.07) is 13.4. The molecule has 0 saturated heterocycles. The molecule has 0 radical (unpaired) electrons. The van der Waals surface area contributed by atoms with Gasteiger partial charge in [-0.1, -0.05) is 17.7 Å². The van der Waals surface area contributed by atoms with E-state index in [-0.39, 0.29) is 4.90 Å². The molecule has 1 heterocycles. The first kappa shape index (κ1) is 16.8. The van der Waals surface area contributed by atoms with E-state index in [4.69, 9.17) is 16.3 Å². The lowest BCUT2D eigenvalue weighted by molar-refractivity contribution is 0.415. The SMILES string of the molecule is COc1ccc(-c2csc(NS(=O)(=O)c3cccc(Cl)c3)n2)cc1. The Kier molecular flexibility index (Phi) is 4.75. The lowest BCUT2D eigenvalue weighted by Gasteiger charge is -2.05. The summed E-state index contributed by atoms with van der Waals surface area (Å²) in [6.07, 6.45) is 0. The van der Waals surface area contributed by atoms with Gasteiger partial charge < -0.3 is 4.74 Å². The number of nitrogens with zero attached hydrogens (tertiary/aromatic N) is 1. The summed E-state index contributed by atoms with van der Waals surface area (Å²) >= 11 is 7.06. The van der Waals surface area contributed by atoms with Gasteiger partial charge in [0.25, 0.3) is 10.0 Å². The third-order valence-electron chi connectivity index (χ3n) is 3.22. The first-order valence-corrected chi connectivity index (χ1v) is 9.60. The number of rotatable bonds is 5. The highest BCUT2D eigenvalue weighted by atomic mass is 35.5. The average Bonchev–Trinajstić information content (AvgIpc) is 3.03. The second-order valence-corrected chi connectivity index (χ2v) is 7.81.